The minimum atomic E-state index is 0.577. The highest BCUT2D eigenvalue weighted by atomic mass is 16.5. The van der Waals surface area contributed by atoms with Gasteiger partial charge in [-0.05, 0) is 44.5 Å². The van der Waals surface area contributed by atoms with E-state index >= 15 is 0 Å². The molecule has 0 amide bonds. The second kappa shape index (κ2) is 8.11. The highest BCUT2D eigenvalue weighted by Crippen LogP contribution is 2.12. The molecule has 0 unspecified atom stereocenters. The van der Waals surface area contributed by atoms with Crippen molar-refractivity contribution in [2.75, 3.05) is 19.7 Å². The molecule has 2 N–H and O–H groups in total. The molecule has 0 aliphatic carbocycles. The summed E-state index contributed by atoms with van der Waals surface area (Å²) < 4.78 is 5.75. The molecule has 1 rings (SSSR count). The largest absolute Gasteiger partial charge is 0.492 e. The van der Waals surface area contributed by atoms with Gasteiger partial charge in [-0.15, -0.1) is 0 Å². The SMILES string of the molecule is CCCN(CCOc1ccc(CN)cc1)C(C)C. The van der Waals surface area contributed by atoms with Crippen LogP contribution in [0.5, 0.6) is 5.75 Å². The topological polar surface area (TPSA) is 38.5 Å². The van der Waals surface area contributed by atoms with Gasteiger partial charge < -0.3 is 10.5 Å². The zero-order chi connectivity index (χ0) is 13.4. The van der Waals surface area contributed by atoms with Gasteiger partial charge in [0.2, 0.25) is 0 Å². The Morgan fingerprint density at radius 1 is 1.17 bits per heavy atom. The first-order valence-electron chi connectivity index (χ1n) is 6.83. The maximum absolute atomic E-state index is 5.75. The summed E-state index contributed by atoms with van der Waals surface area (Å²) in [5.74, 6) is 0.924. The summed E-state index contributed by atoms with van der Waals surface area (Å²) in [7, 11) is 0. The first-order chi connectivity index (χ1) is 8.67. The Morgan fingerprint density at radius 2 is 1.83 bits per heavy atom. The number of rotatable bonds is 8. The molecule has 1 aromatic carbocycles. The Balaban J connectivity index is 2.35. The number of hydrogen-bond acceptors (Lipinski definition) is 3. The molecular weight excluding hydrogens is 224 g/mol. The summed E-state index contributed by atoms with van der Waals surface area (Å²) in [4.78, 5) is 2.44. The second-order valence-corrected chi connectivity index (χ2v) is 4.83. The van der Waals surface area contributed by atoms with Crippen molar-refractivity contribution in [1.82, 2.24) is 4.90 Å². The van der Waals surface area contributed by atoms with E-state index < -0.39 is 0 Å². The monoisotopic (exact) mass is 250 g/mol. The first kappa shape index (κ1) is 15.0. The van der Waals surface area contributed by atoms with Crippen LogP contribution in [0, 0.1) is 0 Å². The minimum Gasteiger partial charge on any atom is -0.492 e. The van der Waals surface area contributed by atoms with Crippen LogP contribution in [0.1, 0.15) is 32.8 Å². The Hall–Kier alpha value is -1.06. The lowest BCUT2D eigenvalue weighted by atomic mass is 10.2. The van der Waals surface area contributed by atoms with E-state index in [1.165, 1.54) is 6.42 Å². The van der Waals surface area contributed by atoms with Crippen molar-refractivity contribution in [2.45, 2.75) is 39.8 Å². The third kappa shape index (κ3) is 5.07. The molecule has 0 aromatic heterocycles. The van der Waals surface area contributed by atoms with E-state index in [9.17, 15) is 0 Å². The average Bonchev–Trinajstić information content (AvgIpc) is 2.38. The summed E-state index contributed by atoms with van der Waals surface area (Å²) in [6.07, 6.45) is 1.18. The van der Waals surface area contributed by atoms with Gasteiger partial charge >= 0.3 is 0 Å². The normalized spacial score (nSPS) is 11.2. The first-order valence-corrected chi connectivity index (χ1v) is 6.83. The molecular formula is C15H26N2O. The maximum atomic E-state index is 5.75. The van der Waals surface area contributed by atoms with Crippen molar-refractivity contribution in [3.05, 3.63) is 29.8 Å². The summed E-state index contributed by atoms with van der Waals surface area (Å²) in [5, 5.41) is 0. The fraction of sp³-hybridized carbons (Fsp3) is 0.600. The van der Waals surface area contributed by atoms with Crippen molar-refractivity contribution in [3.63, 3.8) is 0 Å². The van der Waals surface area contributed by atoms with Crippen molar-refractivity contribution in [1.29, 1.82) is 0 Å². The molecule has 3 nitrogen and oxygen atoms in total. The fourth-order valence-corrected chi connectivity index (χ4v) is 1.92. The van der Waals surface area contributed by atoms with Crippen molar-refractivity contribution in [2.24, 2.45) is 5.73 Å². The number of nitrogens with zero attached hydrogens (tertiary/aromatic N) is 1. The van der Waals surface area contributed by atoms with E-state index in [1.54, 1.807) is 0 Å². The van der Waals surface area contributed by atoms with E-state index in [0.29, 0.717) is 12.6 Å². The van der Waals surface area contributed by atoms with Gasteiger partial charge in [-0.1, -0.05) is 19.1 Å². The van der Waals surface area contributed by atoms with E-state index in [0.717, 1.165) is 31.0 Å². The van der Waals surface area contributed by atoms with E-state index in [1.807, 2.05) is 24.3 Å². The van der Waals surface area contributed by atoms with Gasteiger partial charge in [-0.2, -0.15) is 0 Å². The van der Waals surface area contributed by atoms with Gasteiger partial charge in [0.1, 0.15) is 12.4 Å². The van der Waals surface area contributed by atoms with Crippen LogP contribution in [-0.2, 0) is 6.54 Å². The van der Waals surface area contributed by atoms with Crippen LogP contribution in [0.2, 0.25) is 0 Å². The Bertz CT molecular complexity index is 322. The molecule has 0 saturated carbocycles. The predicted octanol–water partition coefficient (Wildman–Crippen LogP) is 2.64. The van der Waals surface area contributed by atoms with Crippen LogP contribution in [0.4, 0.5) is 0 Å². The molecule has 3 heteroatoms. The van der Waals surface area contributed by atoms with Crippen LogP contribution >= 0.6 is 0 Å². The number of nitrogens with two attached hydrogens (primary N) is 1. The van der Waals surface area contributed by atoms with Crippen LogP contribution in [-0.4, -0.2) is 30.6 Å². The summed E-state index contributed by atoms with van der Waals surface area (Å²) in [6, 6.07) is 8.58. The van der Waals surface area contributed by atoms with Crippen molar-refractivity contribution < 1.29 is 4.74 Å². The molecule has 0 aliphatic rings. The number of hydrogen-bond donors (Lipinski definition) is 1. The highest BCUT2D eigenvalue weighted by molar-refractivity contribution is 5.27. The van der Waals surface area contributed by atoms with E-state index in [2.05, 4.69) is 25.7 Å². The molecule has 0 radical (unpaired) electrons. The third-order valence-electron chi connectivity index (χ3n) is 3.05. The molecule has 0 aliphatic heterocycles. The van der Waals surface area contributed by atoms with Gasteiger partial charge in [0.25, 0.3) is 0 Å². The maximum Gasteiger partial charge on any atom is 0.119 e. The van der Waals surface area contributed by atoms with Crippen LogP contribution in [0.25, 0.3) is 0 Å². The average molecular weight is 250 g/mol. The smallest absolute Gasteiger partial charge is 0.119 e. The third-order valence-corrected chi connectivity index (χ3v) is 3.05. The molecule has 0 saturated heterocycles. The van der Waals surface area contributed by atoms with Crippen molar-refractivity contribution >= 4 is 0 Å². The fourth-order valence-electron chi connectivity index (χ4n) is 1.92. The second-order valence-electron chi connectivity index (χ2n) is 4.83. The van der Waals surface area contributed by atoms with E-state index in [4.69, 9.17) is 10.5 Å². The zero-order valence-electron chi connectivity index (χ0n) is 11.9. The molecule has 0 atom stereocenters. The molecule has 0 bridgehead atoms. The molecule has 102 valence electrons. The molecule has 0 heterocycles. The van der Waals surface area contributed by atoms with Gasteiger partial charge in [0.15, 0.2) is 0 Å². The van der Waals surface area contributed by atoms with Gasteiger partial charge in [-0.25, -0.2) is 0 Å². The lowest BCUT2D eigenvalue weighted by Gasteiger charge is -2.25. The summed E-state index contributed by atoms with van der Waals surface area (Å²) in [6.45, 7) is 10.1. The Kier molecular flexibility index (Phi) is 6.76. The van der Waals surface area contributed by atoms with Crippen LogP contribution in [0.3, 0.4) is 0 Å². The van der Waals surface area contributed by atoms with Crippen LogP contribution in [0.15, 0.2) is 24.3 Å². The van der Waals surface area contributed by atoms with Crippen molar-refractivity contribution in [3.8, 4) is 5.75 Å². The molecule has 0 spiro atoms. The van der Waals surface area contributed by atoms with Gasteiger partial charge in [0, 0.05) is 19.1 Å². The summed E-state index contributed by atoms with van der Waals surface area (Å²) in [5.41, 5.74) is 6.70. The molecule has 0 fully saturated rings. The van der Waals surface area contributed by atoms with Gasteiger partial charge in [0.05, 0.1) is 0 Å². The Morgan fingerprint density at radius 3 is 2.33 bits per heavy atom. The number of benzene rings is 1. The highest BCUT2D eigenvalue weighted by Gasteiger charge is 2.07. The zero-order valence-corrected chi connectivity index (χ0v) is 11.9. The van der Waals surface area contributed by atoms with Crippen LogP contribution < -0.4 is 10.5 Å². The number of ether oxygens (including phenoxy) is 1. The molecule has 18 heavy (non-hydrogen) atoms. The lowest BCUT2D eigenvalue weighted by Crippen LogP contribution is -2.35. The van der Waals surface area contributed by atoms with E-state index in [-0.39, 0.29) is 0 Å². The quantitative estimate of drug-likeness (QED) is 0.771. The predicted molar refractivity (Wildman–Crippen MR) is 76.8 cm³/mol. The lowest BCUT2D eigenvalue weighted by molar-refractivity contribution is 0.176. The summed E-state index contributed by atoms with van der Waals surface area (Å²) >= 11 is 0. The molecule has 1 aromatic rings. The van der Waals surface area contributed by atoms with Gasteiger partial charge in [-0.3, -0.25) is 4.90 Å². The minimum absolute atomic E-state index is 0.577. The standard InChI is InChI=1S/C15H26N2O/c1-4-9-17(13(2)3)10-11-18-15-7-5-14(12-16)6-8-15/h5-8,13H,4,9-12,16H2,1-3H3. The Labute approximate surface area is 111 Å².